The van der Waals surface area contributed by atoms with E-state index in [1.165, 1.54) is 0 Å². The zero-order valence-corrected chi connectivity index (χ0v) is 12.0. The summed E-state index contributed by atoms with van der Waals surface area (Å²) in [7, 11) is 0. The van der Waals surface area contributed by atoms with Crippen LogP contribution in [0.1, 0.15) is 12.5 Å². The molecule has 0 saturated carbocycles. The summed E-state index contributed by atoms with van der Waals surface area (Å²) < 4.78 is 0. The molecule has 2 amide bonds. The van der Waals surface area contributed by atoms with Crippen LogP contribution in [-0.2, 0) is 6.42 Å². The van der Waals surface area contributed by atoms with E-state index in [2.05, 4.69) is 10.6 Å². The van der Waals surface area contributed by atoms with Gasteiger partial charge in [-0.3, -0.25) is 0 Å². The monoisotopic (exact) mass is 288 g/mol. The normalized spacial score (nSPS) is 11.7. The molecule has 0 spiro atoms. The Morgan fingerprint density at radius 1 is 1.15 bits per heavy atom. The Hall–Kier alpha value is -2.00. The first-order valence-corrected chi connectivity index (χ1v) is 6.88. The van der Waals surface area contributed by atoms with E-state index in [1.807, 2.05) is 61.5 Å². The standard InChI is InChI=1S/C16H17ClN2O/c1-12(10-13-6-5-7-14(17)11-13)18-16(20)19-15-8-3-2-4-9-15/h2-9,11-12H,10H2,1H3,(H2,18,19,20)/t12-/m1/s1. The Bertz CT molecular complexity index is 572. The van der Waals surface area contributed by atoms with Crippen LogP contribution in [0.15, 0.2) is 54.6 Å². The largest absolute Gasteiger partial charge is 0.335 e. The van der Waals surface area contributed by atoms with E-state index in [4.69, 9.17) is 11.6 Å². The molecule has 2 aromatic rings. The SMILES string of the molecule is C[C@H](Cc1cccc(Cl)c1)NC(=O)Nc1ccccc1. The van der Waals surface area contributed by atoms with E-state index in [0.717, 1.165) is 17.7 Å². The first-order chi connectivity index (χ1) is 9.63. The third-order valence-electron chi connectivity index (χ3n) is 2.84. The van der Waals surface area contributed by atoms with Crippen LogP contribution in [0.3, 0.4) is 0 Å². The number of hydrogen-bond acceptors (Lipinski definition) is 1. The molecule has 0 aliphatic rings. The zero-order chi connectivity index (χ0) is 14.4. The number of nitrogens with one attached hydrogen (secondary N) is 2. The highest BCUT2D eigenvalue weighted by molar-refractivity contribution is 6.30. The molecule has 0 unspecified atom stereocenters. The summed E-state index contributed by atoms with van der Waals surface area (Å²) >= 11 is 5.94. The molecule has 4 heteroatoms. The van der Waals surface area contributed by atoms with Crippen molar-refractivity contribution in [1.29, 1.82) is 0 Å². The van der Waals surface area contributed by atoms with Gasteiger partial charge in [0, 0.05) is 16.8 Å². The Labute approximate surface area is 124 Å². The Balaban J connectivity index is 1.85. The molecule has 0 aliphatic carbocycles. The number of para-hydroxylation sites is 1. The summed E-state index contributed by atoms with van der Waals surface area (Å²) in [6, 6.07) is 16.8. The lowest BCUT2D eigenvalue weighted by atomic mass is 10.1. The van der Waals surface area contributed by atoms with Gasteiger partial charge in [0.1, 0.15) is 0 Å². The molecule has 2 rings (SSSR count). The Morgan fingerprint density at radius 3 is 2.60 bits per heavy atom. The van der Waals surface area contributed by atoms with Gasteiger partial charge in [0.25, 0.3) is 0 Å². The third-order valence-corrected chi connectivity index (χ3v) is 3.08. The molecule has 0 bridgehead atoms. The van der Waals surface area contributed by atoms with Gasteiger partial charge in [0.05, 0.1) is 0 Å². The quantitative estimate of drug-likeness (QED) is 0.874. The van der Waals surface area contributed by atoms with Crippen molar-refractivity contribution in [2.75, 3.05) is 5.32 Å². The van der Waals surface area contributed by atoms with Crippen molar-refractivity contribution in [2.24, 2.45) is 0 Å². The van der Waals surface area contributed by atoms with Crippen molar-refractivity contribution in [1.82, 2.24) is 5.32 Å². The summed E-state index contributed by atoms with van der Waals surface area (Å²) in [6.07, 6.45) is 0.739. The smallest absolute Gasteiger partial charge is 0.319 e. The minimum absolute atomic E-state index is 0.0252. The van der Waals surface area contributed by atoms with Crippen LogP contribution in [0.4, 0.5) is 10.5 Å². The van der Waals surface area contributed by atoms with Gasteiger partial charge in [0.15, 0.2) is 0 Å². The minimum atomic E-state index is -0.203. The maximum absolute atomic E-state index is 11.8. The second-order valence-electron chi connectivity index (χ2n) is 4.70. The number of urea groups is 1. The summed E-state index contributed by atoms with van der Waals surface area (Å²) in [5.74, 6) is 0. The number of benzene rings is 2. The number of amides is 2. The molecular formula is C16H17ClN2O. The lowest BCUT2D eigenvalue weighted by Crippen LogP contribution is -2.37. The second kappa shape index (κ2) is 6.96. The third kappa shape index (κ3) is 4.59. The van der Waals surface area contributed by atoms with E-state index < -0.39 is 0 Å². The van der Waals surface area contributed by atoms with Crippen LogP contribution in [0.25, 0.3) is 0 Å². The highest BCUT2D eigenvalue weighted by Gasteiger charge is 2.08. The van der Waals surface area contributed by atoms with Gasteiger partial charge in [-0.05, 0) is 43.2 Å². The van der Waals surface area contributed by atoms with Gasteiger partial charge < -0.3 is 10.6 Å². The maximum Gasteiger partial charge on any atom is 0.319 e. The van der Waals surface area contributed by atoms with Crippen LogP contribution in [0.2, 0.25) is 5.02 Å². The highest BCUT2D eigenvalue weighted by atomic mass is 35.5. The molecule has 0 saturated heterocycles. The second-order valence-corrected chi connectivity index (χ2v) is 5.14. The molecule has 20 heavy (non-hydrogen) atoms. The fourth-order valence-electron chi connectivity index (χ4n) is 1.98. The van der Waals surface area contributed by atoms with Gasteiger partial charge in [-0.25, -0.2) is 4.79 Å². The number of halogens is 1. The zero-order valence-electron chi connectivity index (χ0n) is 11.3. The van der Waals surface area contributed by atoms with Gasteiger partial charge >= 0.3 is 6.03 Å². The predicted molar refractivity (Wildman–Crippen MR) is 83.2 cm³/mol. The molecule has 0 fully saturated rings. The summed E-state index contributed by atoms with van der Waals surface area (Å²) in [5.41, 5.74) is 1.88. The number of carbonyl (C=O) groups excluding carboxylic acids is 1. The van der Waals surface area contributed by atoms with Crippen molar-refractivity contribution < 1.29 is 4.79 Å². The maximum atomic E-state index is 11.8. The highest BCUT2D eigenvalue weighted by Crippen LogP contribution is 2.12. The van der Waals surface area contributed by atoms with E-state index in [-0.39, 0.29) is 12.1 Å². The molecular weight excluding hydrogens is 272 g/mol. The molecule has 0 radical (unpaired) electrons. The fourth-order valence-corrected chi connectivity index (χ4v) is 2.19. The van der Waals surface area contributed by atoms with E-state index in [0.29, 0.717) is 5.02 Å². The fraction of sp³-hybridized carbons (Fsp3) is 0.188. The molecule has 0 aromatic heterocycles. The molecule has 3 nitrogen and oxygen atoms in total. The van der Waals surface area contributed by atoms with Crippen molar-refractivity contribution in [3.05, 3.63) is 65.2 Å². The Kier molecular flexibility index (Phi) is 5.02. The van der Waals surface area contributed by atoms with Crippen LogP contribution >= 0.6 is 11.6 Å². The first kappa shape index (κ1) is 14.4. The van der Waals surface area contributed by atoms with Crippen LogP contribution in [0.5, 0.6) is 0 Å². The molecule has 104 valence electrons. The van der Waals surface area contributed by atoms with Crippen molar-refractivity contribution >= 4 is 23.3 Å². The summed E-state index contributed by atoms with van der Waals surface area (Å²) in [5, 5.41) is 6.41. The molecule has 2 aromatic carbocycles. The van der Waals surface area contributed by atoms with Gasteiger partial charge in [-0.2, -0.15) is 0 Å². The summed E-state index contributed by atoms with van der Waals surface area (Å²) in [4.78, 5) is 11.8. The molecule has 0 heterocycles. The van der Waals surface area contributed by atoms with E-state index in [9.17, 15) is 4.79 Å². The first-order valence-electron chi connectivity index (χ1n) is 6.50. The van der Waals surface area contributed by atoms with Gasteiger partial charge in [-0.15, -0.1) is 0 Å². The van der Waals surface area contributed by atoms with Crippen LogP contribution < -0.4 is 10.6 Å². The lowest BCUT2D eigenvalue weighted by Gasteiger charge is -2.15. The topological polar surface area (TPSA) is 41.1 Å². The van der Waals surface area contributed by atoms with Crippen molar-refractivity contribution in [3.8, 4) is 0 Å². The molecule has 2 N–H and O–H groups in total. The summed E-state index contributed by atoms with van der Waals surface area (Å²) in [6.45, 7) is 1.96. The number of carbonyl (C=O) groups is 1. The van der Waals surface area contributed by atoms with Gasteiger partial charge in [-0.1, -0.05) is 41.9 Å². The number of anilines is 1. The number of rotatable bonds is 4. The lowest BCUT2D eigenvalue weighted by molar-refractivity contribution is 0.249. The molecule has 1 atom stereocenters. The van der Waals surface area contributed by atoms with Gasteiger partial charge in [0.2, 0.25) is 0 Å². The van der Waals surface area contributed by atoms with E-state index >= 15 is 0 Å². The van der Waals surface area contributed by atoms with Crippen LogP contribution in [0, 0.1) is 0 Å². The van der Waals surface area contributed by atoms with Crippen molar-refractivity contribution in [3.63, 3.8) is 0 Å². The average molecular weight is 289 g/mol. The van der Waals surface area contributed by atoms with Crippen LogP contribution in [-0.4, -0.2) is 12.1 Å². The average Bonchev–Trinajstić information content (AvgIpc) is 2.39. The Morgan fingerprint density at radius 2 is 1.90 bits per heavy atom. The van der Waals surface area contributed by atoms with E-state index in [1.54, 1.807) is 0 Å². The molecule has 0 aliphatic heterocycles. The number of hydrogen-bond donors (Lipinski definition) is 2. The predicted octanol–water partition coefficient (Wildman–Crippen LogP) is 4.09. The minimum Gasteiger partial charge on any atom is -0.335 e. The van der Waals surface area contributed by atoms with Crippen molar-refractivity contribution in [2.45, 2.75) is 19.4 Å².